The summed E-state index contributed by atoms with van der Waals surface area (Å²) in [6, 6.07) is 20.6. The van der Waals surface area contributed by atoms with Crippen molar-refractivity contribution in [3.8, 4) is 5.75 Å². The molecule has 160 valence electrons. The van der Waals surface area contributed by atoms with Crippen molar-refractivity contribution in [2.24, 2.45) is 0 Å². The Morgan fingerprint density at radius 2 is 1.72 bits per heavy atom. The van der Waals surface area contributed by atoms with Gasteiger partial charge in [-0.25, -0.2) is 9.69 Å². The highest BCUT2D eigenvalue weighted by Gasteiger charge is 2.37. The number of para-hydroxylation sites is 2. The van der Waals surface area contributed by atoms with Crippen LogP contribution in [0.25, 0.3) is 6.08 Å². The van der Waals surface area contributed by atoms with E-state index in [-0.39, 0.29) is 16.3 Å². The molecule has 0 spiro atoms. The number of nitrogens with one attached hydrogen (secondary N) is 1. The van der Waals surface area contributed by atoms with Crippen LogP contribution in [0.3, 0.4) is 0 Å². The molecule has 1 saturated heterocycles. The van der Waals surface area contributed by atoms with Gasteiger partial charge in [0.1, 0.15) is 17.9 Å². The Labute approximate surface area is 190 Å². The number of hydrogen-bond acceptors (Lipinski definition) is 4. The number of carbonyl (C=O) groups is 3. The molecule has 0 atom stereocenters. The van der Waals surface area contributed by atoms with Crippen LogP contribution in [0.4, 0.5) is 10.5 Å². The number of barbiturate groups is 1. The van der Waals surface area contributed by atoms with Crippen LogP contribution >= 0.6 is 11.6 Å². The van der Waals surface area contributed by atoms with E-state index in [0.29, 0.717) is 17.9 Å². The Morgan fingerprint density at radius 1 is 0.969 bits per heavy atom. The SMILES string of the molecule is Cc1cccc(COc2ccccc2/C=C2\C(=O)NC(=O)N(c3ccccc3Cl)C2=O)c1. The number of nitrogens with zero attached hydrogens (tertiary/aromatic N) is 1. The highest BCUT2D eigenvalue weighted by atomic mass is 35.5. The number of ether oxygens (including phenoxy) is 1. The number of anilines is 1. The standard InChI is InChI=1S/C25H19ClN2O4/c1-16-7-6-8-17(13-16)15-32-22-12-5-2-9-18(22)14-19-23(29)27-25(31)28(24(19)30)21-11-4-3-10-20(21)26/h2-14H,15H2,1H3,(H,27,29,31)/b19-14+. The maximum Gasteiger partial charge on any atom is 0.335 e. The van der Waals surface area contributed by atoms with Crippen molar-refractivity contribution >= 4 is 41.2 Å². The molecule has 4 amide bonds. The number of halogens is 1. The van der Waals surface area contributed by atoms with Gasteiger partial charge in [0.2, 0.25) is 0 Å². The number of hydrogen-bond donors (Lipinski definition) is 1. The molecule has 7 heteroatoms. The van der Waals surface area contributed by atoms with Crippen molar-refractivity contribution < 1.29 is 19.1 Å². The predicted octanol–water partition coefficient (Wildman–Crippen LogP) is 4.89. The second-order valence-corrected chi connectivity index (χ2v) is 7.63. The van der Waals surface area contributed by atoms with Crippen LogP contribution in [0, 0.1) is 6.92 Å². The Morgan fingerprint density at radius 3 is 2.50 bits per heavy atom. The molecule has 1 heterocycles. The van der Waals surface area contributed by atoms with E-state index in [1.807, 2.05) is 31.2 Å². The van der Waals surface area contributed by atoms with Crippen LogP contribution in [-0.2, 0) is 16.2 Å². The predicted molar refractivity (Wildman–Crippen MR) is 122 cm³/mol. The Kier molecular flexibility index (Phi) is 6.05. The lowest BCUT2D eigenvalue weighted by Gasteiger charge is -2.27. The summed E-state index contributed by atoms with van der Waals surface area (Å²) in [4.78, 5) is 38.8. The van der Waals surface area contributed by atoms with Gasteiger partial charge in [0.25, 0.3) is 11.8 Å². The molecule has 0 bridgehead atoms. The molecule has 6 nitrogen and oxygen atoms in total. The molecule has 3 aromatic rings. The van der Waals surface area contributed by atoms with E-state index in [4.69, 9.17) is 16.3 Å². The fourth-order valence-corrected chi connectivity index (χ4v) is 3.58. The van der Waals surface area contributed by atoms with Crippen molar-refractivity contribution in [2.75, 3.05) is 4.90 Å². The Hall–Kier alpha value is -3.90. The van der Waals surface area contributed by atoms with E-state index in [2.05, 4.69) is 5.32 Å². The molecule has 0 saturated carbocycles. The molecular weight excluding hydrogens is 428 g/mol. The molecule has 1 aliphatic rings. The number of urea groups is 1. The lowest BCUT2D eigenvalue weighted by atomic mass is 10.1. The number of rotatable bonds is 5. The molecule has 0 unspecified atom stereocenters. The van der Waals surface area contributed by atoms with Gasteiger partial charge in [0, 0.05) is 5.56 Å². The first-order valence-electron chi connectivity index (χ1n) is 9.87. The zero-order valence-electron chi connectivity index (χ0n) is 17.2. The lowest BCUT2D eigenvalue weighted by Crippen LogP contribution is -2.54. The smallest absolute Gasteiger partial charge is 0.335 e. The summed E-state index contributed by atoms with van der Waals surface area (Å²) in [6.45, 7) is 2.33. The summed E-state index contributed by atoms with van der Waals surface area (Å²) in [5.41, 5.74) is 2.65. The van der Waals surface area contributed by atoms with Gasteiger partial charge in [-0.15, -0.1) is 0 Å². The quantitative estimate of drug-likeness (QED) is 0.447. The summed E-state index contributed by atoms with van der Waals surface area (Å²) in [7, 11) is 0. The molecule has 0 aliphatic carbocycles. The minimum atomic E-state index is -0.853. The zero-order chi connectivity index (χ0) is 22.7. The third kappa shape index (κ3) is 4.40. The lowest BCUT2D eigenvalue weighted by molar-refractivity contribution is -0.122. The average molecular weight is 447 g/mol. The Balaban J connectivity index is 1.65. The second kappa shape index (κ2) is 9.08. The average Bonchev–Trinajstić information content (AvgIpc) is 2.77. The first-order valence-corrected chi connectivity index (χ1v) is 10.2. The van der Waals surface area contributed by atoms with E-state index in [1.54, 1.807) is 42.5 Å². The maximum atomic E-state index is 13.1. The van der Waals surface area contributed by atoms with Crippen LogP contribution in [0.5, 0.6) is 5.75 Å². The van der Waals surface area contributed by atoms with E-state index < -0.39 is 17.8 Å². The van der Waals surface area contributed by atoms with E-state index in [9.17, 15) is 14.4 Å². The number of benzene rings is 3. The highest BCUT2D eigenvalue weighted by molar-refractivity contribution is 6.42. The Bertz CT molecular complexity index is 1250. The van der Waals surface area contributed by atoms with E-state index in [0.717, 1.165) is 16.0 Å². The zero-order valence-corrected chi connectivity index (χ0v) is 17.9. The fraction of sp³-hybridized carbons (Fsp3) is 0.0800. The van der Waals surface area contributed by atoms with Crippen molar-refractivity contribution in [2.45, 2.75) is 13.5 Å². The molecule has 1 N–H and O–H groups in total. The monoisotopic (exact) mass is 446 g/mol. The summed E-state index contributed by atoms with van der Waals surface area (Å²) >= 11 is 6.17. The van der Waals surface area contributed by atoms with E-state index >= 15 is 0 Å². The van der Waals surface area contributed by atoms with Crippen molar-refractivity contribution in [3.05, 3.63) is 100 Å². The molecule has 32 heavy (non-hydrogen) atoms. The van der Waals surface area contributed by atoms with E-state index in [1.165, 1.54) is 12.1 Å². The van der Waals surface area contributed by atoms with Crippen molar-refractivity contribution in [1.29, 1.82) is 0 Å². The first kappa shape index (κ1) is 21.3. The number of carbonyl (C=O) groups excluding carboxylic acids is 3. The summed E-state index contributed by atoms with van der Waals surface area (Å²) in [5, 5.41) is 2.41. The van der Waals surface area contributed by atoms with Gasteiger partial charge in [0.15, 0.2) is 0 Å². The summed E-state index contributed by atoms with van der Waals surface area (Å²) < 4.78 is 5.95. The number of aryl methyl sites for hydroxylation is 1. The summed E-state index contributed by atoms with van der Waals surface area (Å²) in [5.74, 6) is -1.04. The maximum absolute atomic E-state index is 13.1. The van der Waals surface area contributed by atoms with Gasteiger partial charge in [-0.2, -0.15) is 0 Å². The second-order valence-electron chi connectivity index (χ2n) is 7.22. The van der Waals surface area contributed by atoms with Crippen LogP contribution in [0.2, 0.25) is 5.02 Å². The normalized spacial score (nSPS) is 15.1. The minimum absolute atomic E-state index is 0.194. The molecule has 0 radical (unpaired) electrons. The molecule has 4 rings (SSSR count). The highest BCUT2D eigenvalue weighted by Crippen LogP contribution is 2.30. The summed E-state index contributed by atoms with van der Waals surface area (Å²) in [6.07, 6.45) is 1.42. The fourth-order valence-electron chi connectivity index (χ4n) is 3.36. The third-order valence-corrected chi connectivity index (χ3v) is 5.21. The van der Waals surface area contributed by atoms with Gasteiger partial charge < -0.3 is 4.74 Å². The topological polar surface area (TPSA) is 75.7 Å². The molecular formula is C25H19ClN2O4. The van der Waals surface area contributed by atoms with Gasteiger partial charge in [0.05, 0.1) is 10.7 Å². The molecule has 1 aliphatic heterocycles. The van der Waals surface area contributed by atoms with Gasteiger partial charge in [-0.3, -0.25) is 14.9 Å². The van der Waals surface area contributed by atoms with Gasteiger partial charge in [-0.1, -0.05) is 71.8 Å². The number of amides is 4. The first-order chi connectivity index (χ1) is 15.4. The van der Waals surface area contributed by atoms with Crippen molar-refractivity contribution in [1.82, 2.24) is 5.32 Å². The van der Waals surface area contributed by atoms with Crippen LogP contribution < -0.4 is 15.0 Å². The van der Waals surface area contributed by atoms with Gasteiger partial charge >= 0.3 is 6.03 Å². The molecule has 0 aromatic heterocycles. The van der Waals surface area contributed by atoms with Crippen LogP contribution in [0.1, 0.15) is 16.7 Å². The number of imide groups is 2. The van der Waals surface area contributed by atoms with Crippen LogP contribution in [0.15, 0.2) is 78.4 Å². The van der Waals surface area contributed by atoms with Crippen molar-refractivity contribution in [3.63, 3.8) is 0 Å². The molecule has 3 aromatic carbocycles. The van der Waals surface area contributed by atoms with Crippen LogP contribution in [-0.4, -0.2) is 17.8 Å². The minimum Gasteiger partial charge on any atom is -0.488 e. The van der Waals surface area contributed by atoms with Gasteiger partial charge in [-0.05, 0) is 36.8 Å². The molecule has 1 fully saturated rings. The third-order valence-electron chi connectivity index (χ3n) is 4.89. The largest absolute Gasteiger partial charge is 0.488 e.